The molecule has 27 heavy (non-hydrogen) atoms. The number of methoxy groups -OCH3 is 2. The summed E-state index contributed by atoms with van der Waals surface area (Å²) < 4.78 is 10.5. The van der Waals surface area contributed by atoms with E-state index in [0.29, 0.717) is 23.6 Å². The number of rotatable bonds is 6. The molecule has 3 rings (SSSR count). The zero-order valence-electron chi connectivity index (χ0n) is 15.4. The highest BCUT2D eigenvalue weighted by atomic mass is 35.5. The first-order valence-electron chi connectivity index (χ1n) is 8.64. The summed E-state index contributed by atoms with van der Waals surface area (Å²) in [5.41, 5.74) is 1.76. The molecule has 0 aliphatic carbocycles. The Labute approximate surface area is 163 Å². The molecule has 0 spiro atoms. The molecule has 1 heterocycles. The van der Waals surface area contributed by atoms with Crippen molar-refractivity contribution in [1.82, 2.24) is 4.90 Å². The minimum Gasteiger partial charge on any atom is -0.493 e. The van der Waals surface area contributed by atoms with Crippen molar-refractivity contribution in [2.24, 2.45) is 0 Å². The SMILES string of the molecule is COc1cc(CN2CCN(c3cccc(Cl)c3)CC2)c([N+](=O)[O-])cc1OC. The minimum atomic E-state index is -0.375. The molecule has 0 aromatic heterocycles. The van der Waals surface area contributed by atoms with Crippen molar-refractivity contribution < 1.29 is 14.4 Å². The van der Waals surface area contributed by atoms with Crippen LogP contribution in [-0.2, 0) is 6.54 Å². The van der Waals surface area contributed by atoms with E-state index in [4.69, 9.17) is 21.1 Å². The molecule has 1 saturated heterocycles. The number of hydrogen-bond donors (Lipinski definition) is 0. The number of ether oxygens (including phenoxy) is 2. The fourth-order valence-electron chi connectivity index (χ4n) is 3.28. The van der Waals surface area contributed by atoms with Gasteiger partial charge in [0.15, 0.2) is 11.5 Å². The van der Waals surface area contributed by atoms with E-state index in [1.807, 2.05) is 24.3 Å². The second-order valence-electron chi connectivity index (χ2n) is 6.34. The maximum Gasteiger partial charge on any atom is 0.277 e. The minimum absolute atomic E-state index is 0.0462. The normalized spacial score (nSPS) is 14.9. The summed E-state index contributed by atoms with van der Waals surface area (Å²) in [6.45, 7) is 3.76. The van der Waals surface area contributed by atoms with Crippen molar-refractivity contribution in [1.29, 1.82) is 0 Å². The first-order chi connectivity index (χ1) is 13.0. The zero-order chi connectivity index (χ0) is 19.4. The van der Waals surface area contributed by atoms with Crippen LogP contribution in [0.2, 0.25) is 5.02 Å². The molecule has 7 nitrogen and oxygen atoms in total. The Morgan fingerprint density at radius 1 is 1.07 bits per heavy atom. The van der Waals surface area contributed by atoms with Crippen LogP contribution < -0.4 is 14.4 Å². The van der Waals surface area contributed by atoms with Gasteiger partial charge < -0.3 is 14.4 Å². The molecular formula is C19H22ClN3O4. The van der Waals surface area contributed by atoms with Crippen LogP contribution in [0.15, 0.2) is 36.4 Å². The number of halogens is 1. The van der Waals surface area contributed by atoms with E-state index in [1.54, 1.807) is 6.07 Å². The summed E-state index contributed by atoms with van der Waals surface area (Å²) in [4.78, 5) is 15.6. The Balaban J connectivity index is 1.72. The number of anilines is 1. The Morgan fingerprint density at radius 2 is 1.74 bits per heavy atom. The van der Waals surface area contributed by atoms with Crippen LogP contribution in [0.25, 0.3) is 0 Å². The third-order valence-electron chi connectivity index (χ3n) is 4.72. The molecular weight excluding hydrogens is 370 g/mol. The van der Waals surface area contributed by atoms with Gasteiger partial charge in [-0.25, -0.2) is 0 Å². The fourth-order valence-corrected chi connectivity index (χ4v) is 3.47. The van der Waals surface area contributed by atoms with E-state index in [1.165, 1.54) is 20.3 Å². The molecule has 0 radical (unpaired) electrons. The molecule has 0 N–H and O–H groups in total. The number of nitro benzene ring substituents is 1. The van der Waals surface area contributed by atoms with E-state index in [2.05, 4.69) is 9.80 Å². The lowest BCUT2D eigenvalue weighted by atomic mass is 10.1. The molecule has 0 unspecified atom stereocenters. The van der Waals surface area contributed by atoms with Gasteiger partial charge >= 0.3 is 0 Å². The van der Waals surface area contributed by atoms with E-state index in [0.717, 1.165) is 36.9 Å². The quantitative estimate of drug-likeness (QED) is 0.553. The van der Waals surface area contributed by atoms with Gasteiger partial charge in [0, 0.05) is 49.0 Å². The third-order valence-corrected chi connectivity index (χ3v) is 4.96. The Bertz CT molecular complexity index is 823. The van der Waals surface area contributed by atoms with Crippen LogP contribution in [0.5, 0.6) is 11.5 Å². The second-order valence-corrected chi connectivity index (χ2v) is 6.77. The lowest BCUT2D eigenvalue weighted by molar-refractivity contribution is -0.385. The van der Waals surface area contributed by atoms with E-state index in [-0.39, 0.29) is 10.6 Å². The van der Waals surface area contributed by atoms with Crippen LogP contribution in [0.4, 0.5) is 11.4 Å². The molecule has 0 atom stereocenters. The topological polar surface area (TPSA) is 68.1 Å². The summed E-state index contributed by atoms with van der Waals surface area (Å²) in [5.74, 6) is 0.856. The van der Waals surface area contributed by atoms with Crippen molar-refractivity contribution >= 4 is 23.0 Å². The van der Waals surface area contributed by atoms with Gasteiger partial charge in [0.05, 0.1) is 25.2 Å². The van der Waals surface area contributed by atoms with E-state index in [9.17, 15) is 10.1 Å². The Morgan fingerprint density at radius 3 is 2.33 bits per heavy atom. The van der Waals surface area contributed by atoms with Gasteiger partial charge in [0.25, 0.3) is 5.69 Å². The van der Waals surface area contributed by atoms with Gasteiger partial charge in [-0.2, -0.15) is 0 Å². The predicted octanol–water partition coefficient (Wildman–Crippen LogP) is 3.59. The van der Waals surface area contributed by atoms with Crippen molar-refractivity contribution in [2.45, 2.75) is 6.54 Å². The average molecular weight is 392 g/mol. The molecule has 1 aliphatic heterocycles. The molecule has 1 fully saturated rings. The molecule has 2 aromatic rings. The highest BCUT2D eigenvalue weighted by Gasteiger charge is 2.24. The van der Waals surface area contributed by atoms with Crippen molar-refractivity contribution in [3.8, 4) is 11.5 Å². The van der Waals surface area contributed by atoms with Crippen LogP contribution in [0.3, 0.4) is 0 Å². The summed E-state index contributed by atoms with van der Waals surface area (Å²) in [7, 11) is 2.99. The van der Waals surface area contributed by atoms with Crippen molar-refractivity contribution in [2.75, 3.05) is 45.3 Å². The highest BCUT2D eigenvalue weighted by molar-refractivity contribution is 6.30. The molecule has 0 amide bonds. The number of hydrogen-bond acceptors (Lipinski definition) is 6. The van der Waals surface area contributed by atoms with Crippen LogP contribution >= 0.6 is 11.6 Å². The summed E-state index contributed by atoms with van der Waals surface area (Å²) >= 11 is 6.08. The second kappa shape index (κ2) is 8.45. The first-order valence-corrected chi connectivity index (χ1v) is 9.01. The summed E-state index contributed by atoms with van der Waals surface area (Å²) in [6, 6.07) is 10.9. The van der Waals surface area contributed by atoms with Gasteiger partial charge in [-0.3, -0.25) is 15.0 Å². The molecule has 0 saturated carbocycles. The maximum atomic E-state index is 11.5. The molecule has 2 aromatic carbocycles. The largest absolute Gasteiger partial charge is 0.493 e. The molecule has 1 aliphatic rings. The summed E-state index contributed by atoms with van der Waals surface area (Å²) in [6.07, 6.45) is 0. The molecule has 8 heteroatoms. The number of nitro groups is 1. The standard InChI is InChI=1S/C19H22ClN3O4/c1-26-18-10-14(17(23(24)25)12-19(18)27-2)13-21-6-8-22(9-7-21)16-5-3-4-15(20)11-16/h3-5,10-12H,6-9,13H2,1-2H3. The Kier molecular flexibility index (Phi) is 6.03. The van der Waals surface area contributed by atoms with Gasteiger partial charge in [-0.15, -0.1) is 0 Å². The Hall–Kier alpha value is -2.51. The molecule has 144 valence electrons. The zero-order valence-corrected chi connectivity index (χ0v) is 16.1. The van der Waals surface area contributed by atoms with Gasteiger partial charge in [0.1, 0.15) is 0 Å². The lowest BCUT2D eigenvalue weighted by Gasteiger charge is -2.36. The van der Waals surface area contributed by atoms with Crippen LogP contribution in [0.1, 0.15) is 5.56 Å². The van der Waals surface area contributed by atoms with E-state index >= 15 is 0 Å². The lowest BCUT2D eigenvalue weighted by Crippen LogP contribution is -2.46. The third kappa shape index (κ3) is 4.43. The van der Waals surface area contributed by atoms with E-state index < -0.39 is 0 Å². The monoisotopic (exact) mass is 391 g/mol. The van der Waals surface area contributed by atoms with Gasteiger partial charge in [-0.1, -0.05) is 17.7 Å². The van der Waals surface area contributed by atoms with Crippen LogP contribution in [0, 0.1) is 10.1 Å². The first kappa shape index (κ1) is 19.3. The number of benzene rings is 2. The van der Waals surface area contributed by atoms with Crippen LogP contribution in [-0.4, -0.2) is 50.2 Å². The maximum absolute atomic E-state index is 11.5. The molecule has 0 bridgehead atoms. The summed E-state index contributed by atoms with van der Waals surface area (Å²) in [5, 5.41) is 12.2. The number of piperazine rings is 1. The highest BCUT2D eigenvalue weighted by Crippen LogP contribution is 2.35. The average Bonchev–Trinajstić information content (AvgIpc) is 2.68. The smallest absolute Gasteiger partial charge is 0.277 e. The van der Waals surface area contributed by atoms with Gasteiger partial charge in [-0.05, 0) is 24.3 Å². The number of nitrogens with zero attached hydrogens (tertiary/aromatic N) is 3. The van der Waals surface area contributed by atoms with Crippen molar-refractivity contribution in [3.05, 3.63) is 57.1 Å². The predicted molar refractivity (Wildman–Crippen MR) is 105 cm³/mol. The van der Waals surface area contributed by atoms with Gasteiger partial charge in [0.2, 0.25) is 0 Å². The van der Waals surface area contributed by atoms with Crippen molar-refractivity contribution in [3.63, 3.8) is 0 Å². The fraction of sp³-hybridized carbons (Fsp3) is 0.368.